The number of carbonyl (C=O) groups is 1. The lowest BCUT2D eigenvalue weighted by molar-refractivity contribution is -0.117. The molecule has 8 nitrogen and oxygen atoms in total. The second kappa shape index (κ2) is 3.57. The molecule has 1 atom stereocenters. The Morgan fingerprint density at radius 1 is 1.23 bits per heavy atom. The molecule has 0 aromatic heterocycles. The molecule has 0 radical (unpaired) electrons. The van der Waals surface area contributed by atoms with Crippen molar-refractivity contribution >= 4 is 26.1 Å². The van der Waals surface area contributed by atoms with E-state index in [9.17, 15) is 21.6 Å². The predicted molar refractivity (Wildman–Crippen MR) is 40.9 cm³/mol. The number of amides is 1. The third kappa shape index (κ3) is 4.77. The van der Waals surface area contributed by atoms with Gasteiger partial charge in [-0.15, -0.1) is 0 Å². The summed E-state index contributed by atoms with van der Waals surface area (Å²) in [5.41, 5.74) is 4.48. The zero-order valence-corrected chi connectivity index (χ0v) is 7.75. The van der Waals surface area contributed by atoms with Gasteiger partial charge in [0.05, 0.1) is 0 Å². The van der Waals surface area contributed by atoms with Gasteiger partial charge in [-0.1, -0.05) is 0 Å². The van der Waals surface area contributed by atoms with E-state index in [1.165, 1.54) is 0 Å². The van der Waals surface area contributed by atoms with E-state index in [-0.39, 0.29) is 0 Å². The quantitative estimate of drug-likeness (QED) is 0.458. The van der Waals surface area contributed by atoms with Gasteiger partial charge in [-0.3, -0.25) is 13.9 Å². The summed E-state index contributed by atoms with van der Waals surface area (Å²) in [7, 11) is -9.60. The fraction of sp³-hybridized carbons (Fsp3) is 0.667. The van der Waals surface area contributed by atoms with Gasteiger partial charge in [0.2, 0.25) is 5.91 Å². The van der Waals surface area contributed by atoms with E-state index in [2.05, 4.69) is 5.73 Å². The minimum atomic E-state index is -4.91. The number of hydrogen-bond acceptors (Lipinski definition) is 5. The SMILES string of the molecule is NC(=O)C(CS(=O)(=O)O)S(=O)(=O)O. The largest absolute Gasteiger partial charge is 0.368 e. The van der Waals surface area contributed by atoms with Crippen LogP contribution in [-0.2, 0) is 25.0 Å². The van der Waals surface area contributed by atoms with Gasteiger partial charge in [0, 0.05) is 0 Å². The van der Waals surface area contributed by atoms with E-state index in [1.807, 2.05) is 0 Å². The lowest BCUT2D eigenvalue weighted by Gasteiger charge is -2.06. The molecule has 0 bridgehead atoms. The Labute approximate surface area is 74.2 Å². The average molecular weight is 233 g/mol. The molecule has 0 aromatic rings. The van der Waals surface area contributed by atoms with Crippen molar-refractivity contribution in [3.8, 4) is 0 Å². The summed E-state index contributed by atoms with van der Waals surface area (Å²) in [4.78, 5) is 10.3. The molecule has 78 valence electrons. The molecule has 0 aliphatic heterocycles. The number of carbonyl (C=O) groups excluding carboxylic acids is 1. The highest BCUT2D eigenvalue weighted by atomic mass is 32.2. The van der Waals surface area contributed by atoms with E-state index < -0.39 is 37.1 Å². The maximum Gasteiger partial charge on any atom is 0.278 e. The third-order valence-electron chi connectivity index (χ3n) is 1.04. The highest BCUT2D eigenvalue weighted by Gasteiger charge is 2.33. The van der Waals surface area contributed by atoms with Crippen LogP contribution in [0.3, 0.4) is 0 Å². The molecule has 0 aliphatic rings. The lowest BCUT2D eigenvalue weighted by atomic mass is 10.5. The zero-order chi connectivity index (χ0) is 10.9. The van der Waals surface area contributed by atoms with Crippen LogP contribution in [0.4, 0.5) is 0 Å². The van der Waals surface area contributed by atoms with Crippen LogP contribution in [0.25, 0.3) is 0 Å². The van der Waals surface area contributed by atoms with Gasteiger partial charge in [0.25, 0.3) is 20.2 Å². The minimum Gasteiger partial charge on any atom is -0.368 e. The minimum absolute atomic E-state index is 1.46. The van der Waals surface area contributed by atoms with Crippen molar-refractivity contribution in [2.45, 2.75) is 5.25 Å². The van der Waals surface area contributed by atoms with Crippen molar-refractivity contribution in [2.75, 3.05) is 5.75 Å². The molecule has 0 fully saturated rings. The van der Waals surface area contributed by atoms with Gasteiger partial charge in [0.1, 0.15) is 5.75 Å². The second-order valence-electron chi connectivity index (χ2n) is 2.15. The van der Waals surface area contributed by atoms with E-state index in [4.69, 9.17) is 9.11 Å². The van der Waals surface area contributed by atoms with Crippen molar-refractivity contribution in [3.63, 3.8) is 0 Å². The van der Waals surface area contributed by atoms with E-state index in [0.29, 0.717) is 0 Å². The van der Waals surface area contributed by atoms with Gasteiger partial charge in [0.15, 0.2) is 5.25 Å². The van der Waals surface area contributed by atoms with E-state index in [1.54, 1.807) is 0 Å². The maximum atomic E-state index is 10.3. The number of rotatable bonds is 4. The van der Waals surface area contributed by atoms with Crippen LogP contribution in [0.1, 0.15) is 0 Å². The van der Waals surface area contributed by atoms with Crippen molar-refractivity contribution in [1.82, 2.24) is 0 Å². The molecule has 13 heavy (non-hydrogen) atoms. The summed E-state index contributed by atoms with van der Waals surface area (Å²) in [5, 5.41) is -2.34. The summed E-state index contributed by atoms with van der Waals surface area (Å²) in [5.74, 6) is -3.01. The molecular formula is C3H7NO7S2. The highest BCUT2D eigenvalue weighted by molar-refractivity contribution is 7.90. The first-order valence-corrected chi connectivity index (χ1v) is 5.86. The van der Waals surface area contributed by atoms with Crippen molar-refractivity contribution in [2.24, 2.45) is 5.73 Å². The molecule has 10 heteroatoms. The molecule has 0 aliphatic carbocycles. The van der Waals surface area contributed by atoms with Crippen molar-refractivity contribution < 1.29 is 30.7 Å². The molecule has 1 amide bonds. The molecule has 0 aromatic carbocycles. The van der Waals surface area contributed by atoms with Crippen molar-refractivity contribution in [3.05, 3.63) is 0 Å². The fourth-order valence-corrected chi connectivity index (χ4v) is 2.55. The Hall–Kier alpha value is -0.710. The monoisotopic (exact) mass is 233 g/mol. The van der Waals surface area contributed by atoms with Gasteiger partial charge in [-0.2, -0.15) is 16.8 Å². The second-order valence-corrected chi connectivity index (χ2v) is 5.25. The molecule has 0 saturated carbocycles. The molecule has 4 N–H and O–H groups in total. The standard InChI is InChI=1S/C3H7NO7S2/c4-3(5)2(13(9,10)11)1-12(6,7)8/h2H,1H2,(H2,4,5)(H,6,7,8)(H,9,10,11). The summed E-state index contributed by atoms with van der Waals surface area (Å²) >= 11 is 0. The number of nitrogens with two attached hydrogens (primary N) is 1. The first-order valence-electron chi connectivity index (χ1n) is 2.75. The van der Waals surface area contributed by atoms with Gasteiger partial charge in [-0.05, 0) is 0 Å². The molecular weight excluding hydrogens is 226 g/mol. The Morgan fingerprint density at radius 3 is 1.69 bits per heavy atom. The first kappa shape index (κ1) is 12.3. The molecule has 1 unspecified atom stereocenters. The number of primary amides is 1. The Morgan fingerprint density at radius 2 is 1.62 bits per heavy atom. The Balaban J connectivity index is 5.00. The first-order chi connectivity index (χ1) is 5.54. The van der Waals surface area contributed by atoms with Crippen LogP contribution in [0.15, 0.2) is 0 Å². The summed E-state index contributed by atoms with van der Waals surface area (Å²) < 4.78 is 57.5. The molecule has 0 heterocycles. The highest BCUT2D eigenvalue weighted by Crippen LogP contribution is 2.01. The van der Waals surface area contributed by atoms with E-state index in [0.717, 1.165) is 0 Å². The van der Waals surface area contributed by atoms with Crippen LogP contribution >= 0.6 is 0 Å². The van der Waals surface area contributed by atoms with Gasteiger partial charge >= 0.3 is 0 Å². The van der Waals surface area contributed by atoms with Crippen LogP contribution in [0.2, 0.25) is 0 Å². The molecule has 0 spiro atoms. The zero-order valence-electron chi connectivity index (χ0n) is 6.11. The Kier molecular flexibility index (Phi) is 3.38. The third-order valence-corrected chi connectivity index (χ3v) is 3.12. The van der Waals surface area contributed by atoms with Crippen LogP contribution in [0.5, 0.6) is 0 Å². The lowest BCUT2D eigenvalue weighted by Crippen LogP contribution is -2.40. The van der Waals surface area contributed by atoms with Crippen LogP contribution < -0.4 is 5.73 Å². The van der Waals surface area contributed by atoms with Crippen molar-refractivity contribution in [1.29, 1.82) is 0 Å². The normalized spacial score (nSPS) is 15.2. The van der Waals surface area contributed by atoms with Gasteiger partial charge in [-0.25, -0.2) is 0 Å². The van der Waals surface area contributed by atoms with Crippen LogP contribution in [0, 0.1) is 0 Å². The topological polar surface area (TPSA) is 152 Å². The smallest absolute Gasteiger partial charge is 0.278 e. The predicted octanol–water partition coefficient (Wildman–Crippen LogP) is -2.38. The van der Waals surface area contributed by atoms with Gasteiger partial charge < -0.3 is 5.73 Å². The average Bonchev–Trinajstić information content (AvgIpc) is 1.77. The van der Waals surface area contributed by atoms with Crippen LogP contribution in [-0.4, -0.2) is 42.9 Å². The molecule has 0 saturated heterocycles. The Bertz CT molecular complexity index is 391. The fourth-order valence-electron chi connectivity index (χ4n) is 0.506. The number of hydrogen-bond donors (Lipinski definition) is 3. The maximum absolute atomic E-state index is 10.3. The summed E-state index contributed by atoms with van der Waals surface area (Å²) in [6.07, 6.45) is 0. The summed E-state index contributed by atoms with van der Waals surface area (Å²) in [6.45, 7) is 0. The molecule has 0 rings (SSSR count). The van der Waals surface area contributed by atoms with E-state index >= 15 is 0 Å². The summed E-state index contributed by atoms with van der Waals surface area (Å²) in [6, 6.07) is 0.